The van der Waals surface area contributed by atoms with Gasteiger partial charge in [-0.3, -0.25) is 14.4 Å². The molecule has 0 saturated carbocycles. The van der Waals surface area contributed by atoms with Crippen molar-refractivity contribution in [3.05, 3.63) is 34.9 Å². The molecule has 1 atom stereocenters. The van der Waals surface area contributed by atoms with Gasteiger partial charge in [-0.2, -0.15) is 0 Å². The lowest BCUT2D eigenvalue weighted by molar-refractivity contribution is -0.146. The Balaban J connectivity index is 1.96. The van der Waals surface area contributed by atoms with Gasteiger partial charge in [-0.1, -0.05) is 19.1 Å². The topological polar surface area (TPSA) is 74.7 Å². The number of carbonyl (C=O) groups is 3. The quantitative estimate of drug-likeness (QED) is 0.743. The molecule has 1 aliphatic carbocycles. The molecule has 0 spiro atoms. The van der Waals surface area contributed by atoms with Crippen LogP contribution >= 0.6 is 0 Å². The Hall–Kier alpha value is -2.17. The third-order valence-corrected chi connectivity index (χ3v) is 4.74. The molecule has 2 rings (SSSR count). The number of fused-ring (bicyclic) bond motifs is 1. The van der Waals surface area contributed by atoms with Gasteiger partial charge in [0.25, 0.3) is 0 Å². The summed E-state index contributed by atoms with van der Waals surface area (Å²) in [5.41, 5.74) is 3.20. The molecule has 1 aliphatic rings. The van der Waals surface area contributed by atoms with Gasteiger partial charge in [-0.15, -0.1) is 0 Å². The first-order valence-corrected chi connectivity index (χ1v) is 8.58. The average molecular weight is 331 g/mol. The first kappa shape index (κ1) is 18.2. The number of hydrogen-bond donors (Lipinski definition) is 1. The minimum Gasteiger partial charge on any atom is -0.480 e. The Bertz CT molecular complexity index is 638. The van der Waals surface area contributed by atoms with E-state index in [1.807, 2.05) is 32.0 Å². The van der Waals surface area contributed by atoms with Gasteiger partial charge in [-0.05, 0) is 49.8 Å². The number of aliphatic carboxylic acids is 1. The highest BCUT2D eigenvalue weighted by molar-refractivity contribution is 5.98. The van der Waals surface area contributed by atoms with Gasteiger partial charge in [0.05, 0.1) is 0 Å². The number of hydrogen-bond acceptors (Lipinski definition) is 3. The third kappa shape index (κ3) is 4.43. The second kappa shape index (κ2) is 8.08. The molecule has 5 heteroatoms. The number of nitrogens with zero attached hydrogens (tertiary/aromatic N) is 1. The molecule has 1 N–H and O–H groups in total. The SMILES string of the molecule is CCC(C)N(CC(=O)O)C(=O)CCC(=O)c1ccc2c(c1)CCC2. The van der Waals surface area contributed by atoms with Crippen LogP contribution in [-0.4, -0.2) is 40.3 Å². The van der Waals surface area contributed by atoms with Crippen molar-refractivity contribution in [3.8, 4) is 0 Å². The number of Topliss-reactive ketones (excluding diaryl/α,β-unsaturated/α-hetero) is 1. The van der Waals surface area contributed by atoms with Gasteiger partial charge < -0.3 is 10.0 Å². The fourth-order valence-electron chi connectivity index (χ4n) is 3.11. The maximum atomic E-state index is 12.3. The van der Waals surface area contributed by atoms with Crippen molar-refractivity contribution < 1.29 is 19.5 Å². The Kier molecular flexibility index (Phi) is 6.12. The maximum absolute atomic E-state index is 12.3. The van der Waals surface area contributed by atoms with E-state index in [2.05, 4.69) is 0 Å². The van der Waals surface area contributed by atoms with E-state index in [0.29, 0.717) is 12.0 Å². The van der Waals surface area contributed by atoms with E-state index in [-0.39, 0.29) is 37.1 Å². The summed E-state index contributed by atoms with van der Waals surface area (Å²) in [7, 11) is 0. The molecule has 0 fully saturated rings. The number of carboxylic acid groups (broad SMARTS) is 1. The van der Waals surface area contributed by atoms with Crippen molar-refractivity contribution in [2.24, 2.45) is 0 Å². The van der Waals surface area contributed by atoms with E-state index >= 15 is 0 Å². The molecule has 1 amide bonds. The zero-order valence-electron chi connectivity index (χ0n) is 14.4. The maximum Gasteiger partial charge on any atom is 0.323 e. The van der Waals surface area contributed by atoms with E-state index in [9.17, 15) is 14.4 Å². The van der Waals surface area contributed by atoms with Crippen LogP contribution in [0.4, 0.5) is 0 Å². The van der Waals surface area contributed by atoms with Crippen LogP contribution in [0.2, 0.25) is 0 Å². The summed E-state index contributed by atoms with van der Waals surface area (Å²) in [6, 6.07) is 5.64. The molecule has 0 aliphatic heterocycles. The molecule has 24 heavy (non-hydrogen) atoms. The standard InChI is InChI=1S/C19H25NO4/c1-3-13(2)20(12-19(23)24)18(22)10-9-17(21)16-8-7-14-5-4-6-15(14)11-16/h7-8,11,13H,3-6,9-10,12H2,1-2H3,(H,23,24). The minimum absolute atomic E-state index is 0.0491. The molecule has 0 aromatic heterocycles. The number of benzene rings is 1. The zero-order valence-corrected chi connectivity index (χ0v) is 14.4. The van der Waals surface area contributed by atoms with E-state index < -0.39 is 5.97 Å². The van der Waals surface area contributed by atoms with E-state index in [1.54, 1.807) is 0 Å². The molecule has 0 heterocycles. The van der Waals surface area contributed by atoms with Crippen molar-refractivity contribution in [2.45, 2.75) is 58.4 Å². The van der Waals surface area contributed by atoms with Crippen molar-refractivity contribution in [2.75, 3.05) is 6.54 Å². The van der Waals surface area contributed by atoms with E-state index in [1.165, 1.54) is 16.0 Å². The van der Waals surface area contributed by atoms with Gasteiger partial charge in [0.15, 0.2) is 5.78 Å². The Labute approximate surface area is 142 Å². The van der Waals surface area contributed by atoms with Crippen LogP contribution in [0.3, 0.4) is 0 Å². The van der Waals surface area contributed by atoms with Crippen molar-refractivity contribution in [1.29, 1.82) is 0 Å². The van der Waals surface area contributed by atoms with Crippen molar-refractivity contribution in [3.63, 3.8) is 0 Å². The monoisotopic (exact) mass is 331 g/mol. The molecule has 1 aromatic rings. The fourth-order valence-corrected chi connectivity index (χ4v) is 3.11. The molecule has 1 unspecified atom stereocenters. The summed E-state index contributed by atoms with van der Waals surface area (Å²) in [6.07, 6.45) is 4.05. The summed E-state index contributed by atoms with van der Waals surface area (Å²) in [6.45, 7) is 3.41. The third-order valence-electron chi connectivity index (χ3n) is 4.74. The number of ketones is 1. The molecular formula is C19H25NO4. The van der Waals surface area contributed by atoms with Crippen LogP contribution in [0, 0.1) is 0 Å². The second-order valence-corrected chi connectivity index (χ2v) is 6.43. The zero-order chi connectivity index (χ0) is 17.7. The van der Waals surface area contributed by atoms with Crippen molar-refractivity contribution in [1.82, 2.24) is 4.90 Å². The summed E-state index contributed by atoms with van der Waals surface area (Å²) >= 11 is 0. The molecule has 5 nitrogen and oxygen atoms in total. The smallest absolute Gasteiger partial charge is 0.323 e. The normalized spacial score (nSPS) is 14.1. The second-order valence-electron chi connectivity index (χ2n) is 6.43. The molecule has 0 saturated heterocycles. The largest absolute Gasteiger partial charge is 0.480 e. The summed E-state index contributed by atoms with van der Waals surface area (Å²) in [4.78, 5) is 36.9. The number of aryl methyl sites for hydroxylation is 2. The summed E-state index contributed by atoms with van der Waals surface area (Å²) in [5.74, 6) is -1.37. The van der Waals surface area contributed by atoms with Gasteiger partial charge in [0.1, 0.15) is 6.54 Å². The molecule has 1 aromatic carbocycles. The van der Waals surface area contributed by atoms with Crippen LogP contribution in [0.15, 0.2) is 18.2 Å². The highest BCUT2D eigenvalue weighted by Gasteiger charge is 2.22. The Morgan fingerprint density at radius 3 is 2.54 bits per heavy atom. The molecular weight excluding hydrogens is 306 g/mol. The molecule has 0 bridgehead atoms. The Morgan fingerprint density at radius 2 is 1.88 bits per heavy atom. The van der Waals surface area contributed by atoms with Gasteiger partial charge in [0, 0.05) is 24.4 Å². The van der Waals surface area contributed by atoms with Gasteiger partial charge in [-0.25, -0.2) is 0 Å². The molecule has 130 valence electrons. The number of carbonyl (C=O) groups excluding carboxylic acids is 2. The number of amides is 1. The highest BCUT2D eigenvalue weighted by atomic mass is 16.4. The lowest BCUT2D eigenvalue weighted by atomic mass is 10.0. The van der Waals surface area contributed by atoms with Crippen LogP contribution < -0.4 is 0 Å². The summed E-state index contributed by atoms with van der Waals surface area (Å²) in [5, 5.41) is 8.96. The lowest BCUT2D eigenvalue weighted by Gasteiger charge is -2.26. The lowest BCUT2D eigenvalue weighted by Crippen LogP contribution is -2.41. The first-order valence-electron chi connectivity index (χ1n) is 8.58. The van der Waals surface area contributed by atoms with Crippen LogP contribution in [0.5, 0.6) is 0 Å². The molecule has 0 radical (unpaired) electrons. The van der Waals surface area contributed by atoms with E-state index in [4.69, 9.17) is 5.11 Å². The fraction of sp³-hybridized carbons (Fsp3) is 0.526. The van der Waals surface area contributed by atoms with Crippen LogP contribution in [-0.2, 0) is 22.4 Å². The van der Waals surface area contributed by atoms with Gasteiger partial charge in [0.2, 0.25) is 5.91 Å². The average Bonchev–Trinajstić information content (AvgIpc) is 3.03. The minimum atomic E-state index is -1.03. The number of rotatable bonds is 8. The van der Waals surface area contributed by atoms with E-state index in [0.717, 1.165) is 19.3 Å². The summed E-state index contributed by atoms with van der Waals surface area (Å²) < 4.78 is 0. The first-order chi connectivity index (χ1) is 11.4. The van der Waals surface area contributed by atoms with Crippen LogP contribution in [0.1, 0.15) is 61.0 Å². The predicted molar refractivity (Wildman–Crippen MR) is 91.1 cm³/mol. The van der Waals surface area contributed by atoms with Crippen LogP contribution in [0.25, 0.3) is 0 Å². The van der Waals surface area contributed by atoms with Gasteiger partial charge >= 0.3 is 5.97 Å². The highest BCUT2D eigenvalue weighted by Crippen LogP contribution is 2.23. The van der Waals surface area contributed by atoms with Crippen molar-refractivity contribution >= 4 is 17.7 Å². The Morgan fingerprint density at radius 1 is 1.17 bits per heavy atom. The number of carboxylic acids is 1. The predicted octanol–water partition coefficient (Wildman–Crippen LogP) is 2.85.